The molecule has 0 unspecified atom stereocenters. The smallest absolute Gasteiger partial charge is 0.418 e. The molecule has 1 N–H and O–H groups in total. The van der Waals surface area contributed by atoms with Crippen LogP contribution in [0.2, 0.25) is 0 Å². The Balaban J connectivity index is 1.81. The van der Waals surface area contributed by atoms with Crippen molar-refractivity contribution < 1.29 is 22.7 Å². The summed E-state index contributed by atoms with van der Waals surface area (Å²) >= 11 is 1.31. The predicted molar refractivity (Wildman–Crippen MR) is 97.7 cm³/mol. The van der Waals surface area contributed by atoms with Crippen LogP contribution < -0.4 is 10.1 Å². The maximum absolute atomic E-state index is 13.4. The summed E-state index contributed by atoms with van der Waals surface area (Å²) in [5.74, 6) is -0.258. The Kier molecular flexibility index (Phi) is 5.56. The second-order valence-electron chi connectivity index (χ2n) is 5.31. The summed E-state index contributed by atoms with van der Waals surface area (Å²) in [6.07, 6.45) is -0.527. The number of benzene rings is 2. The number of halogens is 3. The Bertz CT molecular complexity index is 939. The standard InChI is InChI=1S/C19H13F3N2O2S/c20-19(21,22)15-12-14(26-13-4-2-1-3-5-13)6-7-16(15)24-17(25)8-9-18-23-10-11-27-18/h1-12H,(H,24,25)/b9-8+. The lowest BCUT2D eigenvalue weighted by Gasteiger charge is -2.15. The normalized spacial score (nSPS) is 11.5. The van der Waals surface area contributed by atoms with Crippen molar-refractivity contribution in [3.63, 3.8) is 0 Å². The topological polar surface area (TPSA) is 51.2 Å². The fraction of sp³-hybridized carbons (Fsp3) is 0.0526. The van der Waals surface area contributed by atoms with E-state index in [0.29, 0.717) is 10.8 Å². The van der Waals surface area contributed by atoms with E-state index in [9.17, 15) is 18.0 Å². The van der Waals surface area contributed by atoms with E-state index in [1.807, 2.05) is 0 Å². The van der Waals surface area contributed by atoms with Crippen LogP contribution in [0.15, 0.2) is 66.2 Å². The minimum atomic E-state index is -4.66. The van der Waals surface area contributed by atoms with Crippen LogP contribution in [0.3, 0.4) is 0 Å². The molecule has 0 aliphatic carbocycles. The SMILES string of the molecule is O=C(/C=C/c1nccs1)Nc1ccc(Oc2ccccc2)cc1C(F)(F)F. The van der Waals surface area contributed by atoms with Gasteiger partial charge in [-0.25, -0.2) is 4.98 Å². The number of anilines is 1. The molecule has 1 aromatic heterocycles. The van der Waals surface area contributed by atoms with Crippen LogP contribution in [0, 0.1) is 0 Å². The molecule has 2 aromatic carbocycles. The molecule has 3 aromatic rings. The summed E-state index contributed by atoms with van der Waals surface area (Å²) < 4.78 is 45.6. The number of hydrogen-bond acceptors (Lipinski definition) is 4. The van der Waals surface area contributed by atoms with Crippen molar-refractivity contribution in [2.24, 2.45) is 0 Å². The molecule has 0 saturated carbocycles. The lowest BCUT2D eigenvalue weighted by Crippen LogP contribution is -2.14. The highest BCUT2D eigenvalue weighted by Crippen LogP contribution is 2.38. The highest BCUT2D eigenvalue weighted by molar-refractivity contribution is 7.10. The molecule has 3 rings (SSSR count). The number of para-hydroxylation sites is 1. The molecule has 1 amide bonds. The fourth-order valence-electron chi connectivity index (χ4n) is 2.19. The average Bonchev–Trinajstić information content (AvgIpc) is 3.15. The highest BCUT2D eigenvalue weighted by atomic mass is 32.1. The minimum absolute atomic E-state index is 0.0184. The van der Waals surface area contributed by atoms with Crippen molar-refractivity contribution in [3.8, 4) is 11.5 Å². The zero-order valence-corrected chi connectivity index (χ0v) is 14.6. The highest BCUT2D eigenvalue weighted by Gasteiger charge is 2.34. The summed E-state index contributed by atoms with van der Waals surface area (Å²) in [6.45, 7) is 0. The Morgan fingerprint density at radius 1 is 1.11 bits per heavy atom. The van der Waals surface area contributed by atoms with Gasteiger partial charge in [-0.1, -0.05) is 18.2 Å². The van der Waals surface area contributed by atoms with Gasteiger partial charge in [0.2, 0.25) is 5.91 Å². The third kappa shape index (κ3) is 5.18. The van der Waals surface area contributed by atoms with Crippen molar-refractivity contribution in [2.75, 3.05) is 5.32 Å². The lowest BCUT2D eigenvalue weighted by molar-refractivity contribution is -0.137. The van der Waals surface area contributed by atoms with Crippen LogP contribution in [-0.2, 0) is 11.0 Å². The first-order valence-corrected chi connectivity index (χ1v) is 8.62. The fourth-order valence-corrected chi connectivity index (χ4v) is 2.72. The van der Waals surface area contributed by atoms with E-state index in [1.165, 1.54) is 23.5 Å². The van der Waals surface area contributed by atoms with Crippen LogP contribution in [-0.4, -0.2) is 10.9 Å². The van der Waals surface area contributed by atoms with E-state index in [0.717, 1.165) is 18.2 Å². The van der Waals surface area contributed by atoms with Crippen LogP contribution in [0.25, 0.3) is 6.08 Å². The van der Waals surface area contributed by atoms with Gasteiger partial charge in [-0.05, 0) is 36.4 Å². The number of hydrogen-bond donors (Lipinski definition) is 1. The minimum Gasteiger partial charge on any atom is -0.457 e. The van der Waals surface area contributed by atoms with Crippen LogP contribution in [0.1, 0.15) is 10.6 Å². The van der Waals surface area contributed by atoms with Crippen LogP contribution in [0.5, 0.6) is 11.5 Å². The van der Waals surface area contributed by atoms with Gasteiger partial charge < -0.3 is 10.1 Å². The average molecular weight is 390 g/mol. The summed E-state index contributed by atoms with van der Waals surface area (Å²) in [5, 5.41) is 4.55. The Morgan fingerprint density at radius 3 is 2.56 bits per heavy atom. The van der Waals surface area contributed by atoms with Crippen molar-refractivity contribution in [1.29, 1.82) is 0 Å². The van der Waals surface area contributed by atoms with E-state index in [4.69, 9.17) is 4.74 Å². The number of carbonyl (C=O) groups excluding carboxylic acids is 1. The van der Waals surface area contributed by atoms with Crippen LogP contribution in [0.4, 0.5) is 18.9 Å². The zero-order valence-electron chi connectivity index (χ0n) is 13.7. The second-order valence-corrected chi connectivity index (χ2v) is 6.24. The van der Waals surface area contributed by atoms with Gasteiger partial charge in [0.05, 0.1) is 11.3 Å². The molecule has 0 aliphatic heterocycles. The van der Waals surface area contributed by atoms with E-state index in [-0.39, 0.29) is 11.4 Å². The maximum atomic E-state index is 13.4. The molecule has 0 aliphatic rings. The quantitative estimate of drug-likeness (QED) is 0.577. The third-order valence-corrected chi connectivity index (χ3v) is 4.10. The molecule has 0 bridgehead atoms. The third-order valence-electron chi connectivity index (χ3n) is 3.36. The monoisotopic (exact) mass is 390 g/mol. The Labute approximate surface area is 156 Å². The Hall–Kier alpha value is -3.13. The van der Waals surface area contributed by atoms with Gasteiger partial charge in [-0.2, -0.15) is 13.2 Å². The summed E-state index contributed by atoms with van der Waals surface area (Å²) in [4.78, 5) is 15.9. The number of thiazole rings is 1. The van der Waals surface area contributed by atoms with Gasteiger partial charge in [0.25, 0.3) is 0 Å². The first kappa shape index (κ1) is 18.7. The molecule has 0 saturated heterocycles. The first-order chi connectivity index (χ1) is 12.9. The van der Waals surface area contributed by atoms with Crippen molar-refractivity contribution in [3.05, 3.63) is 76.8 Å². The first-order valence-electron chi connectivity index (χ1n) is 7.74. The zero-order chi connectivity index (χ0) is 19.3. The molecule has 0 spiro atoms. The molecular weight excluding hydrogens is 377 g/mol. The second kappa shape index (κ2) is 8.05. The van der Waals surface area contributed by atoms with Gasteiger partial charge in [-0.15, -0.1) is 11.3 Å². The number of amides is 1. The van der Waals surface area contributed by atoms with E-state index in [2.05, 4.69) is 10.3 Å². The summed E-state index contributed by atoms with van der Waals surface area (Å²) in [7, 11) is 0. The summed E-state index contributed by atoms with van der Waals surface area (Å²) in [5.41, 5.74) is -1.34. The van der Waals surface area contributed by atoms with Crippen molar-refractivity contribution in [2.45, 2.75) is 6.18 Å². The largest absolute Gasteiger partial charge is 0.457 e. The Morgan fingerprint density at radius 2 is 1.89 bits per heavy atom. The van der Waals surface area contributed by atoms with Gasteiger partial charge >= 0.3 is 6.18 Å². The van der Waals surface area contributed by atoms with E-state index >= 15 is 0 Å². The number of nitrogens with one attached hydrogen (secondary N) is 1. The summed E-state index contributed by atoms with van der Waals surface area (Å²) in [6, 6.07) is 11.8. The lowest BCUT2D eigenvalue weighted by atomic mass is 10.1. The number of carbonyl (C=O) groups is 1. The van der Waals surface area contributed by atoms with Gasteiger partial charge in [-0.3, -0.25) is 4.79 Å². The van der Waals surface area contributed by atoms with E-state index in [1.54, 1.807) is 41.9 Å². The molecule has 1 heterocycles. The maximum Gasteiger partial charge on any atom is 0.418 e. The molecule has 8 heteroatoms. The molecule has 0 radical (unpaired) electrons. The molecular formula is C19H13F3N2O2S. The molecule has 0 atom stereocenters. The number of nitrogens with zero attached hydrogens (tertiary/aromatic N) is 1. The number of alkyl halides is 3. The van der Waals surface area contributed by atoms with Gasteiger partial charge in [0.1, 0.15) is 16.5 Å². The van der Waals surface area contributed by atoms with Crippen LogP contribution >= 0.6 is 11.3 Å². The van der Waals surface area contributed by atoms with Crippen molar-refractivity contribution in [1.82, 2.24) is 4.98 Å². The molecule has 138 valence electrons. The molecule has 0 fully saturated rings. The number of aromatic nitrogens is 1. The van der Waals surface area contributed by atoms with Gasteiger partial charge in [0.15, 0.2) is 0 Å². The van der Waals surface area contributed by atoms with Crippen molar-refractivity contribution >= 4 is 29.0 Å². The predicted octanol–water partition coefficient (Wildman–Crippen LogP) is 5.61. The van der Waals surface area contributed by atoms with Gasteiger partial charge in [0, 0.05) is 17.7 Å². The molecule has 4 nitrogen and oxygen atoms in total. The number of rotatable bonds is 5. The number of ether oxygens (including phenoxy) is 1. The van der Waals surface area contributed by atoms with E-state index < -0.39 is 17.6 Å². The molecule has 27 heavy (non-hydrogen) atoms.